The molecule has 0 fully saturated rings. The molecule has 0 radical (unpaired) electrons. The summed E-state index contributed by atoms with van der Waals surface area (Å²) in [6, 6.07) is 5.58. The summed E-state index contributed by atoms with van der Waals surface area (Å²) in [5.74, 6) is 0.444. The number of anilines is 1. The van der Waals surface area contributed by atoms with Crippen molar-refractivity contribution in [2.24, 2.45) is 0 Å². The van der Waals surface area contributed by atoms with Crippen molar-refractivity contribution in [2.45, 2.75) is 19.8 Å². The average molecular weight is 204 g/mol. The van der Waals surface area contributed by atoms with E-state index in [1.165, 1.54) is 0 Å². The fourth-order valence-corrected chi connectivity index (χ4v) is 1.34. The monoisotopic (exact) mass is 204 g/mol. The zero-order valence-electron chi connectivity index (χ0n) is 8.47. The van der Waals surface area contributed by atoms with Crippen molar-refractivity contribution in [3.8, 4) is 0 Å². The van der Waals surface area contributed by atoms with Gasteiger partial charge in [-0.25, -0.2) is 0 Å². The lowest BCUT2D eigenvalue weighted by Gasteiger charge is -2.00. The molecule has 0 bridgehead atoms. The number of nitrogens with one attached hydrogen (secondary N) is 1. The number of fused-ring (bicyclic) bond motifs is 1. The molecule has 0 saturated heterocycles. The summed E-state index contributed by atoms with van der Waals surface area (Å²) in [7, 11) is 0. The van der Waals surface area contributed by atoms with E-state index >= 15 is 0 Å². The van der Waals surface area contributed by atoms with Crippen LogP contribution in [0.2, 0.25) is 0 Å². The first-order valence-electron chi connectivity index (χ1n) is 4.91. The Morgan fingerprint density at radius 1 is 1.47 bits per heavy atom. The number of hydrogen-bond acceptors (Lipinski definition) is 3. The van der Waals surface area contributed by atoms with Gasteiger partial charge >= 0.3 is 0 Å². The first kappa shape index (κ1) is 9.64. The molecule has 15 heavy (non-hydrogen) atoms. The predicted octanol–water partition coefficient (Wildman–Crippen LogP) is 1.47. The minimum atomic E-state index is -0.0318. The van der Waals surface area contributed by atoms with Gasteiger partial charge in [-0.1, -0.05) is 13.0 Å². The van der Waals surface area contributed by atoms with Crippen LogP contribution in [0.15, 0.2) is 24.4 Å². The maximum Gasteiger partial charge on any atom is 0.235 e. The van der Waals surface area contributed by atoms with E-state index in [9.17, 15) is 4.79 Å². The number of pyridine rings is 1. The highest BCUT2D eigenvalue weighted by Gasteiger charge is 2.07. The average Bonchev–Trinajstić information content (AvgIpc) is 2.62. The lowest BCUT2D eigenvalue weighted by atomic mass is 10.3. The SMILES string of the molecule is CCCC(=O)Nc1nnc2ccccn12. The van der Waals surface area contributed by atoms with Crippen LogP contribution in [0.3, 0.4) is 0 Å². The van der Waals surface area contributed by atoms with Crippen molar-refractivity contribution in [2.75, 3.05) is 5.32 Å². The maximum atomic E-state index is 11.4. The molecule has 0 aliphatic rings. The largest absolute Gasteiger partial charge is 0.294 e. The van der Waals surface area contributed by atoms with Gasteiger partial charge in [-0.2, -0.15) is 0 Å². The molecule has 5 heteroatoms. The summed E-state index contributed by atoms with van der Waals surface area (Å²) in [5, 5.41) is 10.5. The molecule has 1 N–H and O–H groups in total. The first-order chi connectivity index (χ1) is 7.31. The standard InChI is InChI=1S/C10H12N4O/c1-2-5-9(15)11-10-13-12-8-6-3-4-7-14(8)10/h3-4,6-7H,2,5H2,1H3,(H,11,13,15). The number of nitrogens with zero attached hydrogens (tertiary/aromatic N) is 3. The number of carbonyl (C=O) groups excluding carboxylic acids is 1. The minimum Gasteiger partial charge on any atom is -0.294 e. The number of aromatic nitrogens is 3. The molecule has 0 aliphatic carbocycles. The van der Waals surface area contributed by atoms with Gasteiger partial charge in [0.1, 0.15) is 0 Å². The molecule has 1 amide bonds. The summed E-state index contributed by atoms with van der Waals surface area (Å²) < 4.78 is 1.74. The highest BCUT2D eigenvalue weighted by molar-refractivity contribution is 5.89. The Morgan fingerprint density at radius 3 is 3.13 bits per heavy atom. The van der Waals surface area contributed by atoms with Gasteiger partial charge in [0.2, 0.25) is 11.9 Å². The molecular formula is C10H12N4O. The van der Waals surface area contributed by atoms with Gasteiger partial charge in [-0.15, -0.1) is 10.2 Å². The Morgan fingerprint density at radius 2 is 2.33 bits per heavy atom. The summed E-state index contributed by atoms with van der Waals surface area (Å²) in [6.45, 7) is 1.96. The van der Waals surface area contributed by atoms with Crippen molar-refractivity contribution in [1.29, 1.82) is 0 Å². The van der Waals surface area contributed by atoms with E-state index in [1.807, 2.05) is 31.3 Å². The highest BCUT2D eigenvalue weighted by Crippen LogP contribution is 2.07. The fourth-order valence-electron chi connectivity index (χ4n) is 1.34. The number of amides is 1. The lowest BCUT2D eigenvalue weighted by Crippen LogP contribution is -2.13. The van der Waals surface area contributed by atoms with Crippen molar-refractivity contribution >= 4 is 17.5 Å². The molecule has 2 aromatic rings. The van der Waals surface area contributed by atoms with Crippen LogP contribution in [0.4, 0.5) is 5.95 Å². The van der Waals surface area contributed by atoms with E-state index < -0.39 is 0 Å². The van der Waals surface area contributed by atoms with Gasteiger partial charge in [0.15, 0.2) is 5.65 Å². The molecular weight excluding hydrogens is 192 g/mol. The lowest BCUT2D eigenvalue weighted by molar-refractivity contribution is -0.116. The molecule has 0 aromatic carbocycles. The number of carbonyl (C=O) groups is 1. The Labute approximate surface area is 87.1 Å². The summed E-state index contributed by atoms with van der Waals surface area (Å²) in [5.41, 5.74) is 0.726. The van der Waals surface area contributed by atoms with E-state index in [1.54, 1.807) is 4.40 Å². The fraction of sp³-hybridized carbons (Fsp3) is 0.300. The number of hydrogen-bond donors (Lipinski definition) is 1. The van der Waals surface area contributed by atoms with Gasteiger partial charge in [0.05, 0.1) is 0 Å². The van der Waals surface area contributed by atoms with Gasteiger partial charge in [-0.05, 0) is 18.6 Å². The second-order valence-electron chi connectivity index (χ2n) is 3.25. The normalized spacial score (nSPS) is 10.5. The molecule has 0 spiro atoms. The topological polar surface area (TPSA) is 59.3 Å². The van der Waals surface area contributed by atoms with Crippen LogP contribution in [-0.2, 0) is 4.79 Å². The van der Waals surface area contributed by atoms with E-state index in [4.69, 9.17) is 0 Å². The zero-order chi connectivity index (χ0) is 10.7. The number of rotatable bonds is 3. The zero-order valence-corrected chi connectivity index (χ0v) is 8.47. The van der Waals surface area contributed by atoms with Gasteiger partial charge < -0.3 is 0 Å². The van der Waals surface area contributed by atoms with Crippen molar-refractivity contribution < 1.29 is 4.79 Å². The molecule has 78 valence electrons. The third kappa shape index (κ3) is 1.96. The maximum absolute atomic E-state index is 11.4. The third-order valence-corrected chi connectivity index (χ3v) is 2.04. The quantitative estimate of drug-likeness (QED) is 0.823. The first-order valence-corrected chi connectivity index (χ1v) is 4.91. The second-order valence-corrected chi connectivity index (χ2v) is 3.25. The molecule has 5 nitrogen and oxygen atoms in total. The van der Waals surface area contributed by atoms with Crippen LogP contribution in [0.1, 0.15) is 19.8 Å². The predicted molar refractivity (Wildman–Crippen MR) is 56.5 cm³/mol. The van der Waals surface area contributed by atoms with Gasteiger partial charge in [-0.3, -0.25) is 14.5 Å². The molecule has 0 unspecified atom stereocenters. The van der Waals surface area contributed by atoms with Crippen LogP contribution in [0, 0.1) is 0 Å². The van der Waals surface area contributed by atoms with E-state index in [-0.39, 0.29) is 5.91 Å². The summed E-state index contributed by atoms with van der Waals surface area (Å²) in [6.07, 6.45) is 3.14. The van der Waals surface area contributed by atoms with Crippen molar-refractivity contribution in [3.63, 3.8) is 0 Å². The van der Waals surface area contributed by atoms with Gasteiger partial charge in [0, 0.05) is 12.6 Å². The van der Waals surface area contributed by atoms with Crippen LogP contribution in [0.25, 0.3) is 5.65 Å². The Bertz CT molecular complexity index is 477. The highest BCUT2D eigenvalue weighted by atomic mass is 16.1. The third-order valence-electron chi connectivity index (χ3n) is 2.04. The summed E-state index contributed by atoms with van der Waals surface area (Å²) in [4.78, 5) is 11.4. The second kappa shape index (κ2) is 4.08. The van der Waals surface area contributed by atoms with E-state index in [0.717, 1.165) is 12.1 Å². The van der Waals surface area contributed by atoms with E-state index in [2.05, 4.69) is 15.5 Å². The van der Waals surface area contributed by atoms with E-state index in [0.29, 0.717) is 12.4 Å². The van der Waals surface area contributed by atoms with Crippen LogP contribution in [-0.4, -0.2) is 20.5 Å². The van der Waals surface area contributed by atoms with Crippen molar-refractivity contribution in [1.82, 2.24) is 14.6 Å². The molecule has 0 atom stereocenters. The van der Waals surface area contributed by atoms with Crippen LogP contribution in [0.5, 0.6) is 0 Å². The van der Waals surface area contributed by atoms with Crippen molar-refractivity contribution in [3.05, 3.63) is 24.4 Å². The van der Waals surface area contributed by atoms with Crippen LogP contribution >= 0.6 is 0 Å². The van der Waals surface area contributed by atoms with Gasteiger partial charge in [0.25, 0.3) is 0 Å². The molecule has 2 rings (SSSR count). The molecule has 2 heterocycles. The minimum absolute atomic E-state index is 0.0318. The Kier molecular flexibility index (Phi) is 2.62. The Hall–Kier alpha value is -1.91. The van der Waals surface area contributed by atoms with Crippen LogP contribution < -0.4 is 5.32 Å². The molecule has 0 aliphatic heterocycles. The smallest absolute Gasteiger partial charge is 0.235 e. The molecule has 0 saturated carbocycles. The Balaban J connectivity index is 2.25. The molecule has 2 aromatic heterocycles. The summed E-state index contributed by atoms with van der Waals surface area (Å²) >= 11 is 0.